The summed E-state index contributed by atoms with van der Waals surface area (Å²) >= 11 is 1.52. The van der Waals surface area contributed by atoms with Crippen molar-refractivity contribution in [3.05, 3.63) is 63.9 Å². The zero-order valence-corrected chi connectivity index (χ0v) is 11.6. The van der Waals surface area contributed by atoms with E-state index in [2.05, 4.69) is 5.32 Å². The Labute approximate surface area is 119 Å². The monoisotopic (exact) mass is 293 g/mol. The lowest BCUT2D eigenvalue weighted by Gasteiger charge is -2.13. The van der Waals surface area contributed by atoms with Crippen LogP contribution in [0, 0.1) is 11.6 Å². The van der Waals surface area contributed by atoms with Gasteiger partial charge in [-0.15, -0.1) is 11.3 Å². The van der Waals surface area contributed by atoms with Crippen molar-refractivity contribution in [2.24, 2.45) is 0 Å². The van der Waals surface area contributed by atoms with E-state index in [4.69, 9.17) is 0 Å². The normalized spacial score (nSPS) is 12.6. The van der Waals surface area contributed by atoms with E-state index in [-0.39, 0.29) is 11.5 Å². The highest BCUT2D eigenvalue weighted by molar-refractivity contribution is 7.10. The molecule has 2 aromatic rings. The molecule has 1 amide bonds. The Kier molecular flexibility index (Phi) is 4.63. The first-order valence-electron chi connectivity index (χ1n) is 6.03. The Hall–Kier alpha value is -2.01. The Morgan fingerprint density at radius 1 is 1.35 bits per heavy atom. The molecule has 1 aromatic heterocycles. The second kappa shape index (κ2) is 6.43. The van der Waals surface area contributed by atoms with E-state index >= 15 is 0 Å². The minimum atomic E-state index is -0.667. The third-order valence-electron chi connectivity index (χ3n) is 2.73. The summed E-state index contributed by atoms with van der Waals surface area (Å²) in [5.41, 5.74) is 0.254. The van der Waals surface area contributed by atoms with Gasteiger partial charge in [0.25, 0.3) is 0 Å². The largest absolute Gasteiger partial charge is 0.346 e. The highest BCUT2D eigenvalue weighted by Crippen LogP contribution is 2.17. The van der Waals surface area contributed by atoms with Crippen molar-refractivity contribution in [2.75, 3.05) is 0 Å². The SMILES string of the molecule is CC(NC(=O)/C=C/c1cccs1)c1ccc(F)cc1F. The fourth-order valence-corrected chi connectivity index (χ4v) is 2.35. The molecule has 0 aliphatic rings. The first kappa shape index (κ1) is 14.4. The van der Waals surface area contributed by atoms with E-state index in [0.29, 0.717) is 0 Å². The van der Waals surface area contributed by atoms with Crippen molar-refractivity contribution in [2.45, 2.75) is 13.0 Å². The fourth-order valence-electron chi connectivity index (χ4n) is 1.74. The molecule has 0 saturated heterocycles. The predicted molar refractivity (Wildman–Crippen MR) is 76.3 cm³/mol. The third-order valence-corrected chi connectivity index (χ3v) is 3.57. The second-order valence-electron chi connectivity index (χ2n) is 4.24. The molecular weight excluding hydrogens is 280 g/mol. The van der Waals surface area contributed by atoms with Gasteiger partial charge < -0.3 is 5.32 Å². The minimum absolute atomic E-state index is 0.254. The Morgan fingerprint density at radius 3 is 2.80 bits per heavy atom. The molecule has 5 heteroatoms. The van der Waals surface area contributed by atoms with Crippen LogP contribution in [-0.4, -0.2) is 5.91 Å². The Morgan fingerprint density at radius 2 is 2.15 bits per heavy atom. The molecule has 1 heterocycles. The van der Waals surface area contributed by atoms with Gasteiger partial charge in [0.1, 0.15) is 11.6 Å². The van der Waals surface area contributed by atoms with Gasteiger partial charge in [-0.1, -0.05) is 12.1 Å². The first-order valence-corrected chi connectivity index (χ1v) is 6.91. The third kappa shape index (κ3) is 3.74. The molecule has 104 valence electrons. The molecule has 1 N–H and O–H groups in total. The van der Waals surface area contributed by atoms with Crippen molar-refractivity contribution in [3.8, 4) is 0 Å². The average Bonchev–Trinajstić information content (AvgIpc) is 2.89. The summed E-state index contributed by atoms with van der Waals surface area (Å²) in [5.74, 6) is -1.63. The maximum Gasteiger partial charge on any atom is 0.244 e. The zero-order chi connectivity index (χ0) is 14.5. The van der Waals surface area contributed by atoms with Crippen LogP contribution in [-0.2, 0) is 4.79 Å². The van der Waals surface area contributed by atoms with Crippen LogP contribution < -0.4 is 5.32 Å². The van der Waals surface area contributed by atoms with Gasteiger partial charge in [-0.3, -0.25) is 4.79 Å². The number of thiophene rings is 1. The van der Waals surface area contributed by atoms with Gasteiger partial charge in [0.15, 0.2) is 0 Å². The molecule has 2 nitrogen and oxygen atoms in total. The molecule has 0 spiro atoms. The lowest BCUT2D eigenvalue weighted by molar-refractivity contribution is -0.117. The van der Waals surface area contributed by atoms with E-state index in [9.17, 15) is 13.6 Å². The van der Waals surface area contributed by atoms with Gasteiger partial charge >= 0.3 is 0 Å². The van der Waals surface area contributed by atoms with Gasteiger partial charge in [-0.05, 0) is 30.5 Å². The molecule has 20 heavy (non-hydrogen) atoms. The molecule has 0 radical (unpaired) electrons. The van der Waals surface area contributed by atoms with Crippen molar-refractivity contribution < 1.29 is 13.6 Å². The van der Waals surface area contributed by atoms with E-state index < -0.39 is 17.7 Å². The summed E-state index contributed by atoms with van der Waals surface area (Å²) < 4.78 is 26.4. The molecule has 0 saturated carbocycles. The molecule has 1 unspecified atom stereocenters. The predicted octanol–water partition coefficient (Wildman–Crippen LogP) is 3.92. The highest BCUT2D eigenvalue weighted by atomic mass is 32.1. The van der Waals surface area contributed by atoms with Crippen LogP contribution >= 0.6 is 11.3 Å². The van der Waals surface area contributed by atoms with Gasteiger partial charge in [0, 0.05) is 22.6 Å². The smallest absolute Gasteiger partial charge is 0.244 e. The van der Waals surface area contributed by atoms with Crippen LogP contribution in [0.3, 0.4) is 0 Å². The average molecular weight is 293 g/mol. The number of carbonyl (C=O) groups excluding carboxylic acids is 1. The van der Waals surface area contributed by atoms with Crippen LogP contribution in [0.1, 0.15) is 23.4 Å². The number of carbonyl (C=O) groups is 1. The molecular formula is C15H13F2NOS. The van der Waals surface area contributed by atoms with Gasteiger partial charge in [0.05, 0.1) is 6.04 Å². The van der Waals surface area contributed by atoms with Crippen LogP contribution in [0.2, 0.25) is 0 Å². The molecule has 0 fully saturated rings. The van der Waals surface area contributed by atoms with Gasteiger partial charge in [-0.2, -0.15) is 0 Å². The number of hydrogen-bond acceptors (Lipinski definition) is 2. The first-order chi connectivity index (χ1) is 9.56. The summed E-state index contributed by atoms with van der Waals surface area (Å²) in [6.07, 6.45) is 3.08. The number of amides is 1. The molecule has 0 aliphatic heterocycles. The van der Waals surface area contributed by atoms with Crippen LogP contribution in [0.15, 0.2) is 41.8 Å². The Balaban J connectivity index is 2.00. The number of halogens is 2. The lowest BCUT2D eigenvalue weighted by Crippen LogP contribution is -2.25. The second-order valence-corrected chi connectivity index (χ2v) is 5.22. The summed E-state index contributed by atoms with van der Waals surface area (Å²) in [7, 11) is 0. The molecule has 1 aromatic carbocycles. The molecule has 0 aliphatic carbocycles. The zero-order valence-electron chi connectivity index (χ0n) is 10.8. The number of hydrogen-bond donors (Lipinski definition) is 1. The maximum atomic E-state index is 13.6. The Bertz CT molecular complexity index is 623. The van der Waals surface area contributed by atoms with E-state index in [1.807, 2.05) is 17.5 Å². The van der Waals surface area contributed by atoms with Crippen molar-refractivity contribution in [1.29, 1.82) is 0 Å². The summed E-state index contributed by atoms with van der Waals surface area (Å²) in [4.78, 5) is 12.7. The van der Waals surface area contributed by atoms with Crippen molar-refractivity contribution in [3.63, 3.8) is 0 Å². The van der Waals surface area contributed by atoms with Gasteiger partial charge in [-0.25, -0.2) is 8.78 Å². The number of rotatable bonds is 4. The number of nitrogens with one attached hydrogen (secondary N) is 1. The standard InChI is InChI=1S/C15H13F2NOS/c1-10(13-6-4-11(16)9-14(13)17)18-15(19)7-5-12-3-2-8-20-12/h2-10H,1H3,(H,18,19)/b7-5+. The van der Waals surface area contributed by atoms with Crippen molar-refractivity contribution >= 4 is 23.3 Å². The molecule has 0 bridgehead atoms. The quantitative estimate of drug-likeness (QED) is 0.851. The number of benzene rings is 1. The van der Waals surface area contributed by atoms with E-state index in [0.717, 1.165) is 10.9 Å². The van der Waals surface area contributed by atoms with Crippen LogP contribution in [0.25, 0.3) is 6.08 Å². The summed E-state index contributed by atoms with van der Waals surface area (Å²) in [6.45, 7) is 1.65. The summed E-state index contributed by atoms with van der Waals surface area (Å²) in [5, 5.41) is 4.55. The lowest BCUT2D eigenvalue weighted by atomic mass is 10.1. The topological polar surface area (TPSA) is 29.1 Å². The van der Waals surface area contributed by atoms with E-state index in [1.54, 1.807) is 13.0 Å². The maximum absolute atomic E-state index is 13.6. The minimum Gasteiger partial charge on any atom is -0.346 e. The van der Waals surface area contributed by atoms with Crippen LogP contribution in [0.5, 0.6) is 0 Å². The fraction of sp³-hybridized carbons (Fsp3) is 0.133. The van der Waals surface area contributed by atoms with Crippen molar-refractivity contribution in [1.82, 2.24) is 5.32 Å². The van der Waals surface area contributed by atoms with Crippen LogP contribution in [0.4, 0.5) is 8.78 Å². The highest BCUT2D eigenvalue weighted by Gasteiger charge is 2.12. The van der Waals surface area contributed by atoms with Gasteiger partial charge in [0.2, 0.25) is 5.91 Å². The molecule has 1 atom stereocenters. The molecule has 2 rings (SSSR count). The van der Waals surface area contributed by atoms with E-state index in [1.165, 1.54) is 29.5 Å². The summed E-state index contributed by atoms with van der Waals surface area (Å²) in [6, 6.07) is 6.55.